The van der Waals surface area contributed by atoms with Crippen LogP contribution in [0.1, 0.15) is 43.2 Å². The van der Waals surface area contributed by atoms with E-state index >= 15 is 0 Å². The SMILES string of the molecule is Oc1ccc(Br)cc1C=NCCCCCCCN=Cc1cc(Br)ccc1O. The smallest absolute Gasteiger partial charge is 0.124 e. The van der Waals surface area contributed by atoms with Gasteiger partial charge in [0.25, 0.3) is 0 Å². The third-order valence-electron chi connectivity index (χ3n) is 4.01. The van der Waals surface area contributed by atoms with Crippen LogP contribution < -0.4 is 0 Å². The first-order valence-corrected chi connectivity index (χ1v) is 10.6. The average Bonchev–Trinajstić information content (AvgIpc) is 2.65. The standard InChI is InChI=1S/C21H24Br2N2O2/c22-18-6-8-20(26)16(12-18)14-24-10-4-2-1-3-5-11-25-15-17-13-19(23)7-9-21(17)27/h6-9,12-15,26-27H,1-5,10-11H2. The molecule has 0 atom stereocenters. The van der Waals surface area contributed by atoms with Crippen LogP contribution in [0.25, 0.3) is 0 Å². The highest BCUT2D eigenvalue weighted by molar-refractivity contribution is 9.10. The molecule has 0 radical (unpaired) electrons. The highest BCUT2D eigenvalue weighted by atomic mass is 79.9. The summed E-state index contributed by atoms with van der Waals surface area (Å²) in [5.41, 5.74) is 1.47. The lowest BCUT2D eigenvalue weighted by Gasteiger charge is -2.01. The zero-order valence-electron chi connectivity index (χ0n) is 15.1. The molecule has 0 aliphatic carbocycles. The maximum Gasteiger partial charge on any atom is 0.124 e. The molecule has 0 aromatic heterocycles. The number of hydrogen-bond acceptors (Lipinski definition) is 4. The summed E-state index contributed by atoms with van der Waals surface area (Å²) in [5, 5.41) is 19.5. The molecule has 0 amide bonds. The molecule has 2 aromatic carbocycles. The molecule has 0 spiro atoms. The van der Waals surface area contributed by atoms with Gasteiger partial charge >= 0.3 is 0 Å². The lowest BCUT2D eigenvalue weighted by Crippen LogP contribution is -1.89. The van der Waals surface area contributed by atoms with Gasteiger partial charge in [-0.3, -0.25) is 9.98 Å². The topological polar surface area (TPSA) is 65.2 Å². The van der Waals surface area contributed by atoms with Crippen molar-refractivity contribution in [2.75, 3.05) is 13.1 Å². The van der Waals surface area contributed by atoms with E-state index in [1.165, 1.54) is 0 Å². The monoisotopic (exact) mass is 494 g/mol. The summed E-state index contributed by atoms with van der Waals surface area (Å²) in [6.07, 6.45) is 8.98. The van der Waals surface area contributed by atoms with Crippen LogP contribution in [-0.2, 0) is 0 Å². The fraction of sp³-hybridized carbons (Fsp3) is 0.333. The maximum atomic E-state index is 9.74. The van der Waals surface area contributed by atoms with Crippen LogP contribution in [0, 0.1) is 0 Å². The first-order chi connectivity index (χ1) is 13.1. The predicted octanol–water partition coefficient (Wildman–Crippen LogP) is 6.11. The van der Waals surface area contributed by atoms with E-state index in [-0.39, 0.29) is 11.5 Å². The van der Waals surface area contributed by atoms with Crippen molar-refractivity contribution in [3.05, 3.63) is 56.5 Å². The Morgan fingerprint density at radius 3 is 1.52 bits per heavy atom. The minimum atomic E-state index is 0.249. The number of aliphatic imine (C=N–C) groups is 2. The Balaban J connectivity index is 1.55. The lowest BCUT2D eigenvalue weighted by atomic mass is 10.1. The third-order valence-corrected chi connectivity index (χ3v) is 5.00. The molecule has 4 nitrogen and oxygen atoms in total. The third kappa shape index (κ3) is 8.26. The van der Waals surface area contributed by atoms with Crippen molar-refractivity contribution in [3.63, 3.8) is 0 Å². The molecule has 6 heteroatoms. The fourth-order valence-electron chi connectivity index (χ4n) is 2.52. The van der Waals surface area contributed by atoms with Gasteiger partial charge in [-0.15, -0.1) is 0 Å². The number of benzene rings is 2. The summed E-state index contributed by atoms with van der Waals surface area (Å²) in [4.78, 5) is 8.77. The molecule has 0 fully saturated rings. The molecule has 0 aliphatic heterocycles. The number of phenols is 2. The Kier molecular flexibility index (Phi) is 9.56. The van der Waals surface area contributed by atoms with E-state index in [1.807, 2.05) is 12.1 Å². The molecule has 144 valence electrons. The number of aromatic hydroxyl groups is 2. The van der Waals surface area contributed by atoms with Crippen LogP contribution >= 0.6 is 31.9 Å². The highest BCUT2D eigenvalue weighted by Crippen LogP contribution is 2.21. The van der Waals surface area contributed by atoms with Crippen LogP contribution in [0.15, 0.2) is 55.3 Å². The van der Waals surface area contributed by atoms with Crippen molar-refractivity contribution in [1.29, 1.82) is 0 Å². The zero-order chi connectivity index (χ0) is 19.5. The van der Waals surface area contributed by atoms with Gasteiger partial charge in [-0.05, 0) is 49.2 Å². The Bertz CT molecular complexity index is 726. The predicted molar refractivity (Wildman–Crippen MR) is 120 cm³/mol. The molecular formula is C21H24Br2N2O2. The summed E-state index contributed by atoms with van der Waals surface area (Å²) in [7, 11) is 0. The second-order valence-electron chi connectivity index (χ2n) is 6.24. The second kappa shape index (κ2) is 11.9. The van der Waals surface area contributed by atoms with Crippen molar-refractivity contribution in [2.24, 2.45) is 9.98 Å². The van der Waals surface area contributed by atoms with Crippen molar-refractivity contribution >= 4 is 44.3 Å². The van der Waals surface area contributed by atoms with Crippen LogP contribution in [0.2, 0.25) is 0 Å². The quantitative estimate of drug-likeness (QED) is 0.308. The van der Waals surface area contributed by atoms with E-state index in [2.05, 4.69) is 41.8 Å². The number of unbranched alkanes of at least 4 members (excludes halogenated alkanes) is 4. The summed E-state index contributed by atoms with van der Waals surface area (Å²) in [6, 6.07) is 10.6. The van der Waals surface area contributed by atoms with E-state index in [1.54, 1.807) is 36.7 Å². The molecule has 0 bridgehead atoms. The first kappa shape index (κ1) is 21.6. The van der Waals surface area contributed by atoms with E-state index in [0.717, 1.165) is 65.3 Å². The van der Waals surface area contributed by atoms with E-state index in [4.69, 9.17) is 0 Å². The molecule has 0 unspecified atom stereocenters. The number of halogens is 2. The van der Waals surface area contributed by atoms with Crippen molar-refractivity contribution in [1.82, 2.24) is 0 Å². The number of hydrogen-bond donors (Lipinski definition) is 2. The minimum absolute atomic E-state index is 0.249. The summed E-state index contributed by atoms with van der Waals surface area (Å²) in [6.45, 7) is 1.54. The van der Waals surface area contributed by atoms with Gasteiger partial charge in [0, 0.05) is 45.6 Å². The van der Waals surface area contributed by atoms with Gasteiger partial charge in [0.2, 0.25) is 0 Å². The van der Waals surface area contributed by atoms with E-state index < -0.39 is 0 Å². The number of nitrogens with zero attached hydrogens (tertiary/aromatic N) is 2. The largest absolute Gasteiger partial charge is 0.507 e. The fourth-order valence-corrected chi connectivity index (χ4v) is 3.28. The van der Waals surface area contributed by atoms with Crippen LogP contribution in [0.5, 0.6) is 11.5 Å². The van der Waals surface area contributed by atoms with Crippen molar-refractivity contribution < 1.29 is 10.2 Å². The number of rotatable bonds is 10. The average molecular weight is 496 g/mol. The van der Waals surface area contributed by atoms with Gasteiger partial charge in [-0.1, -0.05) is 51.1 Å². The van der Waals surface area contributed by atoms with Crippen molar-refractivity contribution in [3.8, 4) is 11.5 Å². The molecule has 27 heavy (non-hydrogen) atoms. The second-order valence-corrected chi connectivity index (χ2v) is 8.08. The van der Waals surface area contributed by atoms with Crippen molar-refractivity contribution in [2.45, 2.75) is 32.1 Å². The summed E-state index contributed by atoms with van der Waals surface area (Å²) >= 11 is 6.78. The van der Waals surface area contributed by atoms with E-state index in [9.17, 15) is 10.2 Å². The molecule has 0 heterocycles. The summed E-state index contributed by atoms with van der Waals surface area (Å²) < 4.78 is 1.86. The van der Waals surface area contributed by atoms with Gasteiger partial charge in [0.15, 0.2) is 0 Å². The van der Waals surface area contributed by atoms with Crippen LogP contribution in [-0.4, -0.2) is 35.7 Å². The Labute approximate surface area is 177 Å². The molecular weight excluding hydrogens is 472 g/mol. The van der Waals surface area contributed by atoms with Crippen LogP contribution in [0.4, 0.5) is 0 Å². The Hall–Kier alpha value is -1.66. The molecule has 0 saturated carbocycles. The normalized spacial score (nSPS) is 11.6. The molecule has 2 aromatic rings. The van der Waals surface area contributed by atoms with Gasteiger partial charge in [-0.25, -0.2) is 0 Å². The van der Waals surface area contributed by atoms with Gasteiger partial charge in [0.05, 0.1) is 0 Å². The first-order valence-electron chi connectivity index (χ1n) is 9.03. The van der Waals surface area contributed by atoms with Gasteiger partial charge in [-0.2, -0.15) is 0 Å². The molecule has 0 aliphatic rings. The Morgan fingerprint density at radius 1 is 0.667 bits per heavy atom. The van der Waals surface area contributed by atoms with Gasteiger partial charge in [0.1, 0.15) is 11.5 Å². The molecule has 2 N–H and O–H groups in total. The minimum Gasteiger partial charge on any atom is -0.507 e. The maximum absolute atomic E-state index is 9.74. The highest BCUT2D eigenvalue weighted by Gasteiger charge is 1.99. The lowest BCUT2D eigenvalue weighted by molar-refractivity contribution is 0.474. The molecule has 2 rings (SSSR count). The molecule has 0 saturated heterocycles. The van der Waals surface area contributed by atoms with E-state index in [0.29, 0.717) is 0 Å². The van der Waals surface area contributed by atoms with Crippen LogP contribution in [0.3, 0.4) is 0 Å². The Morgan fingerprint density at radius 2 is 1.07 bits per heavy atom. The van der Waals surface area contributed by atoms with Gasteiger partial charge < -0.3 is 10.2 Å². The number of phenolic OH excluding ortho intramolecular Hbond substituents is 2. The zero-order valence-corrected chi connectivity index (χ0v) is 18.3. The summed E-state index contributed by atoms with van der Waals surface area (Å²) in [5.74, 6) is 0.498.